The number of aryl methyl sites for hydroxylation is 1. The summed E-state index contributed by atoms with van der Waals surface area (Å²) in [6.45, 7) is 2.08. The van der Waals surface area contributed by atoms with Crippen molar-refractivity contribution < 1.29 is 8.42 Å². The van der Waals surface area contributed by atoms with Gasteiger partial charge in [-0.15, -0.1) is 0 Å². The third kappa shape index (κ3) is 3.46. The molecular formula is C19H20N2O2S2. The highest BCUT2D eigenvalue weighted by Crippen LogP contribution is 2.35. The summed E-state index contributed by atoms with van der Waals surface area (Å²) >= 11 is 1.68. The van der Waals surface area contributed by atoms with Gasteiger partial charge in [-0.1, -0.05) is 59.8 Å². The maximum absolute atomic E-state index is 12.0. The van der Waals surface area contributed by atoms with Crippen LogP contribution in [-0.2, 0) is 15.6 Å². The van der Waals surface area contributed by atoms with Crippen molar-refractivity contribution >= 4 is 32.5 Å². The van der Waals surface area contributed by atoms with Gasteiger partial charge in [0.25, 0.3) is 0 Å². The van der Waals surface area contributed by atoms with Crippen molar-refractivity contribution in [1.82, 2.24) is 0 Å². The summed E-state index contributed by atoms with van der Waals surface area (Å²) in [5, 5.41) is 0.927. The first kappa shape index (κ1) is 16.7. The van der Waals surface area contributed by atoms with Crippen LogP contribution in [0.4, 0.5) is 5.69 Å². The van der Waals surface area contributed by atoms with Gasteiger partial charge in [-0.05, 0) is 24.6 Å². The van der Waals surface area contributed by atoms with Gasteiger partial charge in [-0.2, -0.15) is 0 Å². The molecule has 0 N–H and O–H groups in total. The molecule has 4 nitrogen and oxygen atoms in total. The highest BCUT2D eigenvalue weighted by atomic mass is 32.2. The zero-order chi connectivity index (χ0) is 17.4. The summed E-state index contributed by atoms with van der Waals surface area (Å²) in [6, 6.07) is 18.3. The van der Waals surface area contributed by atoms with Gasteiger partial charge in [0.2, 0.25) is 0 Å². The Morgan fingerprint density at radius 2 is 1.80 bits per heavy atom. The number of anilines is 1. The average Bonchev–Trinajstić information content (AvgIpc) is 3.06. The van der Waals surface area contributed by atoms with E-state index in [9.17, 15) is 8.42 Å². The Balaban J connectivity index is 1.59. The van der Waals surface area contributed by atoms with E-state index in [1.165, 1.54) is 11.1 Å². The number of hydrogen-bond donors (Lipinski definition) is 0. The lowest BCUT2D eigenvalue weighted by atomic mass is 10.1. The molecule has 6 heteroatoms. The fourth-order valence-corrected chi connectivity index (χ4v) is 6.28. The summed E-state index contributed by atoms with van der Waals surface area (Å²) in [7, 11) is -3.00. The number of nitrogens with zero attached hydrogens (tertiary/aromatic N) is 2. The van der Waals surface area contributed by atoms with Crippen LogP contribution >= 0.6 is 11.8 Å². The van der Waals surface area contributed by atoms with Crippen LogP contribution in [0, 0.1) is 6.92 Å². The van der Waals surface area contributed by atoms with Gasteiger partial charge < -0.3 is 4.90 Å². The van der Waals surface area contributed by atoms with E-state index < -0.39 is 9.84 Å². The van der Waals surface area contributed by atoms with E-state index in [1.807, 2.05) is 30.3 Å². The van der Waals surface area contributed by atoms with Gasteiger partial charge in [0.05, 0.1) is 23.6 Å². The number of thioether (sulfide) groups is 1. The number of para-hydroxylation sites is 1. The van der Waals surface area contributed by atoms with Crippen LogP contribution in [0.2, 0.25) is 0 Å². The largest absolute Gasteiger partial charge is 0.315 e. The lowest BCUT2D eigenvalue weighted by Crippen LogP contribution is -2.39. The van der Waals surface area contributed by atoms with E-state index in [-0.39, 0.29) is 23.6 Å². The molecule has 1 fully saturated rings. The number of amidine groups is 1. The van der Waals surface area contributed by atoms with Gasteiger partial charge >= 0.3 is 0 Å². The lowest BCUT2D eigenvalue weighted by molar-refractivity contribution is 0.601. The zero-order valence-corrected chi connectivity index (χ0v) is 15.6. The first-order valence-electron chi connectivity index (χ1n) is 8.33. The van der Waals surface area contributed by atoms with Crippen molar-refractivity contribution in [3.8, 4) is 0 Å². The predicted molar refractivity (Wildman–Crippen MR) is 105 cm³/mol. The Kier molecular flexibility index (Phi) is 4.33. The van der Waals surface area contributed by atoms with Gasteiger partial charge in [0, 0.05) is 11.4 Å². The first-order chi connectivity index (χ1) is 12.0. The third-order valence-electron chi connectivity index (χ3n) is 4.63. The molecule has 0 aliphatic carbocycles. The second kappa shape index (κ2) is 6.50. The van der Waals surface area contributed by atoms with E-state index in [0.29, 0.717) is 0 Å². The second-order valence-electron chi connectivity index (χ2n) is 6.60. The molecule has 0 unspecified atom stereocenters. The highest BCUT2D eigenvalue weighted by Gasteiger charge is 2.47. The predicted octanol–water partition coefficient (Wildman–Crippen LogP) is 3.27. The lowest BCUT2D eigenvalue weighted by Gasteiger charge is -2.26. The number of fused-ring (bicyclic) bond motifs is 1. The number of rotatable bonds is 3. The van der Waals surface area contributed by atoms with Crippen LogP contribution in [0.15, 0.2) is 59.6 Å². The molecule has 2 aliphatic rings. The van der Waals surface area contributed by atoms with Crippen LogP contribution in [-0.4, -0.2) is 37.2 Å². The van der Waals surface area contributed by atoms with Crippen molar-refractivity contribution in [2.45, 2.75) is 24.8 Å². The minimum atomic E-state index is -3.00. The van der Waals surface area contributed by atoms with E-state index in [4.69, 9.17) is 4.99 Å². The van der Waals surface area contributed by atoms with E-state index in [0.717, 1.165) is 16.6 Å². The van der Waals surface area contributed by atoms with Crippen molar-refractivity contribution in [1.29, 1.82) is 0 Å². The molecule has 0 aromatic heterocycles. The minimum Gasteiger partial charge on any atom is -0.315 e. The zero-order valence-electron chi connectivity index (χ0n) is 14.0. The highest BCUT2D eigenvalue weighted by molar-refractivity contribution is 8.13. The molecule has 0 amide bonds. The molecule has 0 saturated carbocycles. The fraction of sp³-hybridized carbons (Fsp3) is 0.316. The molecule has 0 spiro atoms. The van der Waals surface area contributed by atoms with Gasteiger partial charge in [-0.25, -0.2) is 8.42 Å². The standard InChI is InChI=1S/C19H20N2O2S2/c1-14-7-9-15(10-8-14)11-24-19-20-17-12-25(22,23)13-18(17)21(19)16-5-3-2-4-6-16/h2-10,17-18H,11-13H2,1H3/t17-,18+/m0/s1. The van der Waals surface area contributed by atoms with Crippen LogP contribution in [0.1, 0.15) is 11.1 Å². The SMILES string of the molecule is Cc1ccc(CSC2=N[C@H]3CS(=O)(=O)C[C@H]3N2c2ccccc2)cc1. The van der Waals surface area contributed by atoms with Crippen molar-refractivity contribution in [2.75, 3.05) is 16.4 Å². The molecular weight excluding hydrogens is 352 g/mol. The number of sulfone groups is 1. The quantitative estimate of drug-likeness (QED) is 0.830. The maximum atomic E-state index is 12.0. The molecule has 1 saturated heterocycles. The third-order valence-corrected chi connectivity index (χ3v) is 7.37. The first-order valence-corrected chi connectivity index (χ1v) is 11.1. The van der Waals surface area contributed by atoms with Crippen LogP contribution in [0.3, 0.4) is 0 Å². The van der Waals surface area contributed by atoms with E-state index in [1.54, 1.807) is 11.8 Å². The van der Waals surface area contributed by atoms with Crippen molar-refractivity contribution in [3.05, 3.63) is 65.7 Å². The minimum absolute atomic E-state index is 0.0760. The molecule has 25 heavy (non-hydrogen) atoms. The molecule has 2 aromatic carbocycles. The normalized spacial score (nSPS) is 24.2. The Bertz CT molecular complexity index is 893. The van der Waals surface area contributed by atoms with Crippen LogP contribution in [0.5, 0.6) is 0 Å². The Morgan fingerprint density at radius 3 is 2.52 bits per heavy atom. The summed E-state index contributed by atoms with van der Waals surface area (Å²) in [6.07, 6.45) is 0. The maximum Gasteiger partial charge on any atom is 0.164 e. The molecule has 2 aliphatic heterocycles. The van der Waals surface area contributed by atoms with E-state index in [2.05, 4.69) is 36.1 Å². The number of hydrogen-bond acceptors (Lipinski definition) is 5. The molecule has 0 bridgehead atoms. The number of benzene rings is 2. The van der Waals surface area contributed by atoms with Crippen LogP contribution in [0.25, 0.3) is 0 Å². The molecule has 2 heterocycles. The molecule has 2 atom stereocenters. The summed E-state index contributed by atoms with van der Waals surface area (Å²) in [4.78, 5) is 6.88. The Hall–Kier alpha value is -1.79. The van der Waals surface area contributed by atoms with Gasteiger partial charge in [0.15, 0.2) is 15.0 Å². The van der Waals surface area contributed by atoms with Gasteiger partial charge in [-0.3, -0.25) is 4.99 Å². The fourth-order valence-electron chi connectivity index (χ4n) is 3.36. The van der Waals surface area contributed by atoms with E-state index >= 15 is 0 Å². The summed E-state index contributed by atoms with van der Waals surface area (Å²) < 4.78 is 24.1. The molecule has 4 rings (SSSR count). The van der Waals surface area contributed by atoms with Gasteiger partial charge in [0.1, 0.15) is 0 Å². The Morgan fingerprint density at radius 1 is 1.08 bits per heavy atom. The smallest absolute Gasteiger partial charge is 0.164 e. The molecule has 2 aromatic rings. The van der Waals surface area contributed by atoms with Crippen molar-refractivity contribution in [2.24, 2.45) is 4.99 Å². The number of aliphatic imine (C=N–C) groups is 1. The topological polar surface area (TPSA) is 49.7 Å². The summed E-state index contributed by atoms with van der Waals surface area (Å²) in [5.41, 5.74) is 3.51. The monoisotopic (exact) mass is 372 g/mol. The average molecular weight is 373 g/mol. The molecule has 0 radical (unpaired) electrons. The molecule has 130 valence electrons. The Labute approximate surface area is 152 Å². The van der Waals surface area contributed by atoms with Crippen LogP contribution < -0.4 is 4.90 Å². The van der Waals surface area contributed by atoms with Crippen molar-refractivity contribution in [3.63, 3.8) is 0 Å². The summed E-state index contributed by atoms with van der Waals surface area (Å²) in [5.74, 6) is 1.18. The second-order valence-corrected chi connectivity index (χ2v) is 9.70.